The number of unbranched alkanes of at least 4 members (excludes halogenated alkanes) is 1. The second-order valence-electron chi connectivity index (χ2n) is 12.9. The van der Waals surface area contributed by atoms with Gasteiger partial charge in [-0.2, -0.15) is 0 Å². The Morgan fingerprint density at radius 2 is 1.58 bits per heavy atom. The fourth-order valence-corrected chi connectivity index (χ4v) is 6.97. The minimum atomic E-state index is -0.859. The van der Waals surface area contributed by atoms with Gasteiger partial charge in [-0.3, -0.25) is 14.4 Å². The van der Waals surface area contributed by atoms with Crippen LogP contribution in [0.1, 0.15) is 74.0 Å². The van der Waals surface area contributed by atoms with E-state index >= 15 is 0 Å². The van der Waals surface area contributed by atoms with E-state index in [0.717, 1.165) is 48.3 Å². The Labute approximate surface area is 280 Å². The van der Waals surface area contributed by atoms with Crippen LogP contribution in [-0.2, 0) is 30.5 Å². The zero-order chi connectivity index (χ0) is 33.5. The van der Waals surface area contributed by atoms with Crippen molar-refractivity contribution < 1.29 is 34.1 Å². The molecule has 3 saturated heterocycles. The Bertz CT molecular complexity index is 1540. The summed E-state index contributed by atoms with van der Waals surface area (Å²) >= 11 is 0. The Morgan fingerprint density at radius 3 is 2.27 bits per heavy atom. The van der Waals surface area contributed by atoms with Crippen LogP contribution in [0.3, 0.4) is 0 Å². The molecule has 0 aliphatic carbocycles. The zero-order valence-electron chi connectivity index (χ0n) is 27.1. The van der Waals surface area contributed by atoms with Gasteiger partial charge in [0.15, 0.2) is 6.29 Å². The maximum Gasteiger partial charge on any atom is 0.303 e. The number of carboxylic acids is 1. The Morgan fingerprint density at radius 1 is 0.896 bits per heavy atom. The first-order valence-corrected chi connectivity index (χ1v) is 16.8. The van der Waals surface area contributed by atoms with Crippen LogP contribution < -0.4 is 15.5 Å². The molecule has 0 bridgehead atoms. The van der Waals surface area contributed by atoms with Crippen molar-refractivity contribution in [1.29, 1.82) is 0 Å². The molecule has 3 aliphatic heterocycles. The summed E-state index contributed by atoms with van der Waals surface area (Å²) in [6.45, 7) is 2.72. The van der Waals surface area contributed by atoms with Crippen molar-refractivity contribution in [1.82, 2.24) is 10.2 Å². The van der Waals surface area contributed by atoms with E-state index in [1.807, 2.05) is 66.7 Å². The molecule has 11 nitrogen and oxygen atoms in total. The summed E-state index contributed by atoms with van der Waals surface area (Å²) in [7, 11) is 0. The molecule has 3 aromatic carbocycles. The molecule has 0 saturated carbocycles. The maximum absolute atomic E-state index is 13.2. The molecular weight excluding hydrogens is 612 g/mol. The molecule has 2 amide bonds. The number of aliphatic hydroxyl groups excluding tert-OH is 1. The van der Waals surface area contributed by atoms with Gasteiger partial charge in [0.2, 0.25) is 11.8 Å². The third-order valence-corrected chi connectivity index (χ3v) is 9.68. The number of nitrogens with zero attached hydrogens (tertiary/aromatic N) is 2. The summed E-state index contributed by atoms with van der Waals surface area (Å²) in [6, 6.07) is 25.3. The van der Waals surface area contributed by atoms with Crippen LogP contribution in [0.4, 0.5) is 11.4 Å². The van der Waals surface area contributed by atoms with Gasteiger partial charge in [0.05, 0.1) is 25.5 Å². The van der Waals surface area contributed by atoms with E-state index < -0.39 is 17.8 Å². The highest BCUT2D eigenvalue weighted by molar-refractivity contribution is 5.93. The van der Waals surface area contributed by atoms with Gasteiger partial charge in [-0.25, -0.2) is 0 Å². The molecular formula is C37H44N4O7. The first kappa shape index (κ1) is 33.6. The lowest BCUT2D eigenvalue weighted by Gasteiger charge is -2.45. The predicted octanol–water partition coefficient (Wildman–Crippen LogP) is 4.74. The Balaban J connectivity index is 1.11. The van der Waals surface area contributed by atoms with Crippen molar-refractivity contribution in [3.05, 3.63) is 95.6 Å². The highest BCUT2D eigenvalue weighted by Crippen LogP contribution is 2.40. The number of benzene rings is 3. The van der Waals surface area contributed by atoms with Crippen LogP contribution in [0.15, 0.2) is 78.9 Å². The summed E-state index contributed by atoms with van der Waals surface area (Å²) < 4.78 is 13.1. The average molecular weight is 657 g/mol. The Hall–Kier alpha value is -4.29. The standard InChI is InChI=1S/C37H44N4O7/c42-24-26-10-12-27(13-11-26)32-22-31(23-40-20-18-37(19-21-40)36(46)38-25-41(37)30-6-2-1-3-7-30)47-35(48-32)28-14-16-29(17-15-28)39-33(43)8-4-5-9-34(44)45/h1-3,6-7,10-17,31-32,35,42H,4-5,8-9,18-25H2,(H,38,46)(H,39,43)(H,44,45). The zero-order valence-corrected chi connectivity index (χ0v) is 27.1. The minimum absolute atomic E-state index is 0.0262. The van der Waals surface area contributed by atoms with Crippen molar-refractivity contribution in [2.24, 2.45) is 0 Å². The van der Waals surface area contributed by atoms with Crippen LogP contribution >= 0.6 is 0 Å². The summed E-state index contributed by atoms with van der Waals surface area (Å²) in [5.41, 5.74) is 3.82. The predicted molar refractivity (Wildman–Crippen MR) is 180 cm³/mol. The number of hydrogen-bond acceptors (Lipinski definition) is 8. The first-order chi connectivity index (χ1) is 23.3. The summed E-state index contributed by atoms with van der Waals surface area (Å²) in [5.74, 6) is -0.921. The number of hydrogen-bond donors (Lipinski definition) is 4. The largest absolute Gasteiger partial charge is 0.481 e. The van der Waals surface area contributed by atoms with E-state index in [9.17, 15) is 19.5 Å². The SMILES string of the molecule is O=C(O)CCCCC(=O)Nc1ccc(C2OC(CN3CCC4(CC3)C(=O)NCN4c3ccccc3)CC(c3ccc(CO)cc3)O2)cc1. The lowest BCUT2D eigenvalue weighted by molar-refractivity contribution is -0.253. The summed E-state index contributed by atoms with van der Waals surface area (Å²) in [6.07, 6.45) is 2.40. The molecule has 6 rings (SSSR count). The van der Waals surface area contributed by atoms with Crippen molar-refractivity contribution in [3.63, 3.8) is 0 Å². The number of ether oxygens (including phenoxy) is 2. The maximum atomic E-state index is 13.2. The minimum Gasteiger partial charge on any atom is -0.481 e. The third-order valence-electron chi connectivity index (χ3n) is 9.68. The first-order valence-electron chi connectivity index (χ1n) is 16.8. The number of aliphatic carboxylic acids is 1. The lowest BCUT2D eigenvalue weighted by atomic mass is 9.85. The van der Waals surface area contributed by atoms with Crippen LogP contribution in [0, 0.1) is 0 Å². The van der Waals surface area contributed by atoms with E-state index in [-0.39, 0.29) is 43.5 Å². The molecule has 3 aromatic rings. The van der Waals surface area contributed by atoms with Gasteiger partial charge in [0.1, 0.15) is 5.54 Å². The topological polar surface area (TPSA) is 141 Å². The fraction of sp³-hybridized carbons (Fsp3) is 0.432. The Kier molecular flexibility index (Phi) is 10.7. The molecule has 3 unspecified atom stereocenters. The fourth-order valence-electron chi connectivity index (χ4n) is 6.97. The van der Waals surface area contributed by atoms with E-state index in [1.54, 1.807) is 0 Å². The monoisotopic (exact) mass is 656 g/mol. The number of carbonyl (C=O) groups excluding carboxylic acids is 2. The molecule has 0 aromatic heterocycles. The quantitative estimate of drug-likeness (QED) is 0.204. The van der Waals surface area contributed by atoms with E-state index in [0.29, 0.717) is 38.2 Å². The normalized spacial score (nSPS) is 22.4. The molecule has 254 valence electrons. The van der Waals surface area contributed by atoms with Gasteiger partial charge >= 0.3 is 5.97 Å². The second-order valence-corrected chi connectivity index (χ2v) is 12.9. The van der Waals surface area contributed by atoms with Crippen LogP contribution in [0.25, 0.3) is 0 Å². The number of piperidine rings is 1. The van der Waals surface area contributed by atoms with Gasteiger partial charge in [0, 0.05) is 55.8 Å². The number of likely N-dealkylation sites (tertiary alicyclic amines) is 1. The van der Waals surface area contributed by atoms with Crippen LogP contribution in [-0.4, -0.2) is 70.8 Å². The summed E-state index contributed by atoms with van der Waals surface area (Å²) in [5, 5.41) is 24.3. The van der Waals surface area contributed by atoms with Gasteiger partial charge in [0.25, 0.3) is 0 Å². The molecule has 3 heterocycles. The molecule has 11 heteroatoms. The van der Waals surface area contributed by atoms with Gasteiger partial charge in [-0.1, -0.05) is 54.6 Å². The lowest BCUT2D eigenvalue weighted by Crippen LogP contribution is -2.57. The highest BCUT2D eigenvalue weighted by atomic mass is 16.7. The van der Waals surface area contributed by atoms with Crippen molar-refractivity contribution in [2.45, 2.75) is 75.6 Å². The number of anilines is 2. The number of carbonyl (C=O) groups is 3. The molecule has 3 aliphatic rings. The van der Waals surface area contributed by atoms with Crippen molar-refractivity contribution in [2.75, 3.05) is 36.5 Å². The van der Waals surface area contributed by atoms with Crippen LogP contribution in [0.2, 0.25) is 0 Å². The smallest absolute Gasteiger partial charge is 0.303 e. The number of rotatable bonds is 12. The van der Waals surface area contributed by atoms with E-state index in [1.165, 1.54) is 0 Å². The number of aliphatic hydroxyl groups is 1. The second kappa shape index (κ2) is 15.3. The summed E-state index contributed by atoms with van der Waals surface area (Å²) in [4.78, 5) is 40.8. The van der Waals surface area contributed by atoms with E-state index in [4.69, 9.17) is 14.6 Å². The number of para-hydroxylation sites is 1. The molecule has 4 N–H and O–H groups in total. The molecule has 3 atom stereocenters. The van der Waals surface area contributed by atoms with Crippen LogP contribution in [0.5, 0.6) is 0 Å². The number of nitrogens with one attached hydrogen (secondary N) is 2. The average Bonchev–Trinajstić information content (AvgIpc) is 3.42. The van der Waals surface area contributed by atoms with Crippen molar-refractivity contribution >= 4 is 29.2 Å². The third kappa shape index (κ3) is 7.87. The van der Waals surface area contributed by atoms with Gasteiger partial charge in [-0.15, -0.1) is 0 Å². The molecule has 1 spiro atoms. The highest BCUT2D eigenvalue weighted by Gasteiger charge is 2.50. The van der Waals surface area contributed by atoms with Crippen molar-refractivity contribution in [3.8, 4) is 0 Å². The van der Waals surface area contributed by atoms with Gasteiger partial charge in [-0.05, 0) is 61.1 Å². The number of carboxylic acid groups (broad SMARTS) is 1. The molecule has 0 radical (unpaired) electrons. The molecule has 3 fully saturated rings. The van der Waals surface area contributed by atoms with Gasteiger partial charge < -0.3 is 40.1 Å². The molecule has 48 heavy (non-hydrogen) atoms. The van der Waals surface area contributed by atoms with E-state index in [2.05, 4.69) is 32.6 Å². The number of amides is 2.